The van der Waals surface area contributed by atoms with Crippen molar-refractivity contribution in [1.29, 1.82) is 0 Å². The van der Waals surface area contributed by atoms with Crippen molar-refractivity contribution in [3.63, 3.8) is 0 Å². The van der Waals surface area contributed by atoms with Crippen molar-refractivity contribution >= 4 is 17.2 Å². The van der Waals surface area contributed by atoms with E-state index in [2.05, 4.69) is 0 Å². The number of amides is 1. The fourth-order valence-corrected chi connectivity index (χ4v) is 3.55. The summed E-state index contributed by atoms with van der Waals surface area (Å²) in [7, 11) is 3.17. The Hall–Kier alpha value is -2.25. The molecule has 1 unspecified atom stereocenters. The molecule has 0 bridgehead atoms. The maximum atomic E-state index is 12.5. The highest BCUT2D eigenvalue weighted by Crippen LogP contribution is 2.36. The lowest BCUT2D eigenvalue weighted by molar-refractivity contribution is -0.139. The number of benzene rings is 1. The second-order valence-corrected chi connectivity index (χ2v) is 6.92. The van der Waals surface area contributed by atoms with Gasteiger partial charge >= 0.3 is 0 Å². The number of carbonyl (C=O) groups is 1. The number of hydrogen-bond donors (Lipinski definition) is 0. The predicted octanol–water partition coefficient (Wildman–Crippen LogP) is 2.61. The summed E-state index contributed by atoms with van der Waals surface area (Å²) < 4.78 is 22.4. The van der Waals surface area contributed by atoms with Crippen LogP contribution < -0.4 is 14.2 Å². The smallest absolute Gasteiger partial charge is 0.227 e. The first-order valence-corrected chi connectivity index (χ1v) is 9.34. The Labute approximate surface area is 157 Å². The fourth-order valence-electron chi connectivity index (χ4n) is 2.86. The van der Waals surface area contributed by atoms with E-state index in [0.717, 1.165) is 4.88 Å². The summed E-state index contributed by atoms with van der Waals surface area (Å²) in [4.78, 5) is 15.4. The quantitative estimate of drug-likeness (QED) is 0.742. The van der Waals surface area contributed by atoms with Crippen molar-refractivity contribution in [1.82, 2.24) is 4.90 Å². The van der Waals surface area contributed by atoms with Crippen LogP contribution in [0.5, 0.6) is 17.2 Å². The van der Waals surface area contributed by atoms with Gasteiger partial charge in [-0.1, -0.05) is 12.1 Å². The number of rotatable bonds is 7. The van der Waals surface area contributed by atoms with E-state index in [1.54, 1.807) is 25.6 Å². The Morgan fingerprint density at radius 3 is 2.65 bits per heavy atom. The Balaban J connectivity index is 1.58. The normalized spacial score (nSPS) is 17.0. The molecule has 1 fully saturated rings. The van der Waals surface area contributed by atoms with E-state index < -0.39 is 0 Å². The lowest BCUT2D eigenvalue weighted by atomic mass is 10.2. The molecule has 6 nitrogen and oxygen atoms in total. The SMILES string of the molecule is COc1cccc(OC)c1OCC1CN(C(=O)Cc2cccs2)CCO1. The predicted molar refractivity (Wildman–Crippen MR) is 99.4 cm³/mol. The molecule has 2 heterocycles. The molecule has 0 saturated carbocycles. The number of nitrogens with zero attached hydrogens (tertiary/aromatic N) is 1. The van der Waals surface area contributed by atoms with E-state index in [1.807, 2.05) is 40.6 Å². The first-order chi connectivity index (χ1) is 12.7. The molecule has 3 rings (SSSR count). The average molecular weight is 377 g/mol. The Bertz CT molecular complexity index is 696. The molecule has 0 spiro atoms. The summed E-state index contributed by atoms with van der Waals surface area (Å²) in [5.74, 6) is 1.87. The molecular formula is C19H23NO5S. The van der Waals surface area contributed by atoms with Crippen molar-refractivity contribution in [2.75, 3.05) is 40.5 Å². The zero-order valence-electron chi connectivity index (χ0n) is 15.0. The largest absolute Gasteiger partial charge is 0.493 e. The Morgan fingerprint density at radius 2 is 2.00 bits per heavy atom. The van der Waals surface area contributed by atoms with Gasteiger partial charge in [-0.2, -0.15) is 0 Å². The zero-order chi connectivity index (χ0) is 18.4. The maximum absolute atomic E-state index is 12.5. The molecule has 140 valence electrons. The molecular weight excluding hydrogens is 354 g/mol. The maximum Gasteiger partial charge on any atom is 0.227 e. The highest BCUT2D eigenvalue weighted by atomic mass is 32.1. The van der Waals surface area contributed by atoms with Gasteiger partial charge in [-0.05, 0) is 23.6 Å². The lowest BCUT2D eigenvalue weighted by Crippen LogP contribution is -2.48. The van der Waals surface area contributed by atoms with Crippen LogP contribution in [0.3, 0.4) is 0 Å². The third-order valence-corrected chi connectivity index (χ3v) is 5.07. The molecule has 1 saturated heterocycles. The van der Waals surface area contributed by atoms with E-state index in [4.69, 9.17) is 18.9 Å². The number of para-hydroxylation sites is 1. The van der Waals surface area contributed by atoms with Gasteiger partial charge < -0.3 is 23.8 Å². The minimum atomic E-state index is -0.189. The van der Waals surface area contributed by atoms with Crippen LogP contribution in [0.25, 0.3) is 0 Å². The van der Waals surface area contributed by atoms with Crippen LogP contribution in [0.4, 0.5) is 0 Å². The van der Waals surface area contributed by atoms with Crippen LogP contribution in [0.1, 0.15) is 4.88 Å². The van der Waals surface area contributed by atoms with Crippen LogP contribution in [-0.2, 0) is 16.0 Å². The van der Waals surface area contributed by atoms with Gasteiger partial charge in [0.05, 0.1) is 33.8 Å². The molecule has 1 atom stereocenters. The molecule has 7 heteroatoms. The average Bonchev–Trinajstić information content (AvgIpc) is 3.19. The number of methoxy groups -OCH3 is 2. The summed E-state index contributed by atoms with van der Waals surface area (Å²) in [5, 5.41) is 1.99. The van der Waals surface area contributed by atoms with Crippen LogP contribution in [0.2, 0.25) is 0 Å². The van der Waals surface area contributed by atoms with Crippen molar-refractivity contribution in [3.05, 3.63) is 40.6 Å². The minimum absolute atomic E-state index is 0.121. The molecule has 0 radical (unpaired) electrons. The third-order valence-electron chi connectivity index (χ3n) is 4.19. The van der Waals surface area contributed by atoms with Gasteiger partial charge in [-0.3, -0.25) is 4.79 Å². The van der Waals surface area contributed by atoms with Gasteiger partial charge in [0.1, 0.15) is 12.7 Å². The number of morpholine rings is 1. The Morgan fingerprint density at radius 1 is 1.23 bits per heavy atom. The molecule has 26 heavy (non-hydrogen) atoms. The van der Waals surface area contributed by atoms with Crippen LogP contribution >= 0.6 is 11.3 Å². The first-order valence-electron chi connectivity index (χ1n) is 8.46. The van der Waals surface area contributed by atoms with Crippen molar-refractivity contribution in [2.45, 2.75) is 12.5 Å². The number of ether oxygens (including phenoxy) is 4. The second-order valence-electron chi connectivity index (χ2n) is 5.89. The molecule has 1 amide bonds. The molecule has 1 aliphatic heterocycles. The zero-order valence-corrected chi connectivity index (χ0v) is 15.8. The van der Waals surface area contributed by atoms with E-state index in [9.17, 15) is 4.79 Å². The van der Waals surface area contributed by atoms with E-state index in [0.29, 0.717) is 50.0 Å². The molecule has 2 aromatic rings. The van der Waals surface area contributed by atoms with Gasteiger partial charge in [0.25, 0.3) is 0 Å². The summed E-state index contributed by atoms with van der Waals surface area (Å²) in [6.45, 7) is 1.95. The topological polar surface area (TPSA) is 57.2 Å². The summed E-state index contributed by atoms with van der Waals surface area (Å²) in [5.41, 5.74) is 0. The number of thiophene rings is 1. The van der Waals surface area contributed by atoms with E-state index in [1.165, 1.54) is 0 Å². The van der Waals surface area contributed by atoms with Gasteiger partial charge in [-0.15, -0.1) is 11.3 Å². The van der Waals surface area contributed by atoms with Crippen LogP contribution in [-0.4, -0.2) is 57.4 Å². The number of carbonyl (C=O) groups excluding carboxylic acids is 1. The molecule has 1 aromatic heterocycles. The molecule has 0 N–H and O–H groups in total. The minimum Gasteiger partial charge on any atom is -0.493 e. The highest BCUT2D eigenvalue weighted by Gasteiger charge is 2.25. The highest BCUT2D eigenvalue weighted by molar-refractivity contribution is 7.10. The van der Waals surface area contributed by atoms with Crippen LogP contribution in [0, 0.1) is 0 Å². The monoisotopic (exact) mass is 377 g/mol. The molecule has 1 aliphatic rings. The lowest BCUT2D eigenvalue weighted by Gasteiger charge is -2.33. The fraction of sp³-hybridized carbons (Fsp3) is 0.421. The van der Waals surface area contributed by atoms with Gasteiger partial charge in [-0.25, -0.2) is 0 Å². The number of hydrogen-bond acceptors (Lipinski definition) is 6. The van der Waals surface area contributed by atoms with Crippen molar-refractivity contribution < 1.29 is 23.7 Å². The standard InChI is InChI=1S/C19H23NO5S/c1-22-16-6-3-7-17(23-2)19(16)25-13-14-12-20(8-9-24-14)18(21)11-15-5-4-10-26-15/h3-7,10,14H,8-9,11-13H2,1-2H3. The van der Waals surface area contributed by atoms with Crippen LogP contribution in [0.15, 0.2) is 35.7 Å². The Kier molecular flexibility index (Phi) is 6.35. The van der Waals surface area contributed by atoms with Crippen molar-refractivity contribution in [3.8, 4) is 17.2 Å². The summed E-state index contributed by atoms with van der Waals surface area (Å²) in [6.07, 6.45) is 0.247. The summed E-state index contributed by atoms with van der Waals surface area (Å²) >= 11 is 1.60. The van der Waals surface area contributed by atoms with E-state index >= 15 is 0 Å². The first kappa shape index (κ1) is 18.5. The second kappa shape index (κ2) is 8.91. The molecule has 0 aliphatic carbocycles. The van der Waals surface area contributed by atoms with E-state index in [-0.39, 0.29) is 12.0 Å². The van der Waals surface area contributed by atoms with Gasteiger partial charge in [0.2, 0.25) is 11.7 Å². The van der Waals surface area contributed by atoms with Gasteiger partial charge in [0, 0.05) is 11.4 Å². The molecule has 1 aromatic carbocycles. The third kappa shape index (κ3) is 4.47. The van der Waals surface area contributed by atoms with Gasteiger partial charge in [0.15, 0.2) is 11.5 Å². The summed E-state index contributed by atoms with van der Waals surface area (Å²) in [6, 6.07) is 9.42. The van der Waals surface area contributed by atoms with Crippen molar-refractivity contribution in [2.24, 2.45) is 0 Å².